The van der Waals surface area contributed by atoms with Gasteiger partial charge in [0.25, 0.3) is 0 Å². The van der Waals surface area contributed by atoms with Gasteiger partial charge < -0.3 is 0 Å². The van der Waals surface area contributed by atoms with Gasteiger partial charge in [-0.25, -0.2) is 8.78 Å². The van der Waals surface area contributed by atoms with Crippen LogP contribution in [0.1, 0.15) is 110 Å². The highest BCUT2D eigenvalue weighted by Gasteiger charge is 2.00. The number of hydrogen-bond acceptors (Lipinski definition) is 0. The molecule has 0 bridgehead atoms. The highest BCUT2D eigenvalue weighted by Crippen LogP contribution is 2.14. The maximum atomic E-state index is 11.9. The molecule has 0 aromatic carbocycles. The Labute approximate surface area is 125 Å². The third-order valence-corrected chi connectivity index (χ3v) is 4.03. The predicted octanol–water partition coefficient (Wildman–Crippen LogP) is 7.51. The van der Waals surface area contributed by atoms with Crippen molar-refractivity contribution in [2.24, 2.45) is 0 Å². The van der Waals surface area contributed by atoms with Crippen molar-refractivity contribution in [2.45, 2.75) is 116 Å². The molecular weight excluding hydrogens is 254 g/mol. The molecule has 0 N–H and O–H groups in total. The van der Waals surface area contributed by atoms with Crippen molar-refractivity contribution in [3.63, 3.8) is 0 Å². The summed E-state index contributed by atoms with van der Waals surface area (Å²) in [6.07, 6.45) is 17.3. The summed E-state index contributed by atoms with van der Waals surface area (Å²) in [6.45, 7) is 2.26. The lowest BCUT2D eigenvalue weighted by Crippen LogP contribution is -1.89. The van der Waals surface area contributed by atoms with E-state index in [0.29, 0.717) is 6.42 Å². The zero-order valence-electron chi connectivity index (χ0n) is 13.6. The first kappa shape index (κ1) is 19.9. The molecule has 0 aromatic heterocycles. The van der Waals surface area contributed by atoms with Gasteiger partial charge in [-0.15, -0.1) is 0 Å². The molecule has 0 saturated heterocycles. The summed E-state index contributed by atoms with van der Waals surface area (Å²) in [6, 6.07) is 0. The molecule has 2 heteroatoms. The standard InChI is InChI=1S/C18H36F2/c1-2-3-4-5-6-7-8-9-10-11-12-13-14-15-16-17-18(19)20/h18H,2-17H2,1H3. The van der Waals surface area contributed by atoms with E-state index < -0.39 is 6.43 Å². The van der Waals surface area contributed by atoms with Crippen molar-refractivity contribution in [1.82, 2.24) is 0 Å². The molecule has 0 rings (SSSR count). The van der Waals surface area contributed by atoms with E-state index in [1.165, 1.54) is 77.0 Å². The number of alkyl halides is 2. The molecule has 0 aliphatic carbocycles. The Morgan fingerprint density at radius 3 is 1.10 bits per heavy atom. The van der Waals surface area contributed by atoms with E-state index in [0.717, 1.165) is 12.8 Å². The van der Waals surface area contributed by atoms with Gasteiger partial charge in [-0.3, -0.25) is 0 Å². The fourth-order valence-corrected chi connectivity index (χ4v) is 2.67. The topological polar surface area (TPSA) is 0 Å². The Morgan fingerprint density at radius 2 is 0.800 bits per heavy atom. The molecule has 122 valence electrons. The largest absolute Gasteiger partial charge is 0.238 e. The van der Waals surface area contributed by atoms with Gasteiger partial charge in [-0.2, -0.15) is 0 Å². The highest BCUT2D eigenvalue weighted by molar-refractivity contribution is 4.50. The van der Waals surface area contributed by atoms with Crippen LogP contribution in [0.5, 0.6) is 0 Å². The lowest BCUT2D eigenvalue weighted by atomic mass is 10.0. The molecule has 0 unspecified atom stereocenters. The summed E-state index contributed by atoms with van der Waals surface area (Å²) in [5, 5.41) is 0. The quantitative estimate of drug-likeness (QED) is 0.258. The van der Waals surface area contributed by atoms with Crippen LogP contribution in [0.25, 0.3) is 0 Å². The van der Waals surface area contributed by atoms with E-state index >= 15 is 0 Å². The molecule has 0 fully saturated rings. The molecule has 0 heterocycles. The van der Waals surface area contributed by atoms with Crippen molar-refractivity contribution < 1.29 is 8.78 Å². The van der Waals surface area contributed by atoms with Gasteiger partial charge in [-0.05, 0) is 6.42 Å². The Hall–Kier alpha value is -0.140. The third kappa shape index (κ3) is 17.9. The van der Waals surface area contributed by atoms with Crippen LogP contribution >= 0.6 is 0 Å². The molecule has 0 aromatic rings. The zero-order chi connectivity index (χ0) is 14.9. The number of rotatable bonds is 16. The molecule has 0 spiro atoms. The van der Waals surface area contributed by atoms with Crippen LogP contribution in [-0.4, -0.2) is 6.43 Å². The number of hydrogen-bond donors (Lipinski definition) is 0. The van der Waals surface area contributed by atoms with Gasteiger partial charge in [-0.1, -0.05) is 96.8 Å². The van der Waals surface area contributed by atoms with Gasteiger partial charge in [0.2, 0.25) is 6.43 Å². The van der Waals surface area contributed by atoms with Crippen LogP contribution in [0, 0.1) is 0 Å². The summed E-state index contributed by atoms with van der Waals surface area (Å²) in [7, 11) is 0. The van der Waals surface area contributed by atoms with E-state index in [4.69, 9.17) is 0 Å². The average Bonchev–Trinajstić information content (AvgIpc) is 2.43. The Balaban J connectivity index is 2.92. The second kappa shape index (κ2) is 16.9. The van der Waals surface area contributed by atoms with Crippen LogP contribution in [0.3, 0.4) is 0 Å². The van der Waals surface area contributed by atoms with E-state index in [1.54, 1.807) is 0 Å². The molecule has 0 nitrogen and oxygen atoms in total. The van der Waals surface area contributed by atoms with Crippen LogP contribution in [0.4, 0.5) is 8.78 Å². The van der Waals surface area contributed by atoms with Gasteiger partial charge in [0.05, 0.1) is 0 Å². The van der Waals surface area contributed by atoms with Crippen LogP contribution in [0.2, 0.25) is 0 Å². The van der Waals surface area contributed by atoms with Crippen LogP contribution < -0.4 is 0 Å². The smallest absolute Gasteiger partial charge is 0.211 e. The zero-order valence-corrected chi connectivity index (χ0v) is 13.6. The van der Waals surface area contributed by atoms with Crippen molar-refractivity contribution in [2.75, 3.05) is 0 Å². The number of halogens is 2. The van der Waals surface area contributed by atoms with Gasteiger partial charge in [0, 0.05) is 6.42 Å². The van der Waals surface area contributed by atoms with Crippen molar-refractivity contribution in [1.29, 1.82) is 0 Å². The first-order chi connectivity index (χ1) is 9.77. The van der Waals surface area contributed by atoms with E-state index in [1.807, 2.05) is 0 Å². The third-order valence-electron chi connectivity index (χ3n) is 4.03. The summed E-state index contributed by atoms with van der Waals surface area (Å²) < 4.78 is 23.8. The molecule has 0 aliphatic rings. The normalized spacial score (nSPS) is 11.4. The predicted molar refractivity (Wildman–Crippen MR) is 85.6 cm³/mol. The van der Waals surface area contributed by atoms with E-state index in [9.17, 15) is 8.78 Å². The highest BCUT2D eigenvalue weighted by atomic mass is 19.3. The minimum Gasteiger partial charge on any atom is -0.211 e. The first-order valence-corrected chi connectivity index (χ1v) is 9.05. The fourth-order valence-electron chi connectivity index (χ4n) is 2.67. The Morgan fingerprint density at radius 1 is 0.500 bits per heavy atom. The van der Waals surface area contributed by atoms with E-state index in [2.05, 4.69) is 6.92 Å². The number of unbranched alkanes of at least 4 members (excludes halogenated alkanes) is 14. The summed E-state index contributed by atoms with van der Waals surface area (Å²) in [5.41, 5.74) is 0. The maximum absolute atomic E-state index is 11.9. The first-order valence-electron chi connectivity index (χ1n) is 9.05. The van der Waals surface area contributed by atoms with E-state index in [-0.39, 0.29) is 6.42 Å². The van der Waals surface area contributed by atoms with Crippen molar-refractivity contribution in [3.8, 4) is 0 Å². The van der Waals surface area contributed by atoms with Crippen LogP contribution in [-0.2, 0) is 0 Å². The molecular formula is C18H36F2. The second-order valence-corrected chi connectivity index (χ2v) is 6.13. The molecule has 0 saturated carbocycles. The van der Waals surface area contributed by atoms with Crippen molar-refractivity contribution in [3.05, 3.63) is 0 Å². The summed E-state index contributed by atoms with van der Waals surface area (Å²) >= 11 is 0. The minimum atomic E-state index is -2.10. The lowest BCUT2D eigenvalue weighted by Gasteiger charge is -2.03. The SMILES string of the molecule is CCCCCCCCCCCCCCCCCC(F)F. The molecule has 0 aliphatic heterocycles. The fraction of sp³-hybridized carbons (Fsp3) is 1.00. The molecule has 0 amide bonds. The summed E-state index contributed by atoms with van der Waals surface area (Å²) in [5.74, 6) is 0. The Kier molecular flexibility index (Phi) is 16.8. The van der Waals surface area contributed by atoms with Gasteiger partial charge in [0.15, 0.2) is 0 Å². The minimum absolute atomic E-state index is 0.0955. The molecule has 0 radical (unpaired) electrons. The van der Waals surface area contributed by atoms with Gasteiger partial charge in [0.1, 0.15) is 0 Å². The maximum Gasteiger partial charge on any atom is 0.238 e. The summed E-state index contributed by atoms with van der Waals surface area (Å²) in [4.78, 5) is 0. The molecule has 20 heavy (non-hydrogen) atoms. The monoisotopic (exact) mass is 290 g/mol. The van der Waals surface area contributed by atoms with Gasteiger partial charge >= 0.3 is 0 Å². The Bertz CT molecular complexity index is 169. The van der Waals surface area contributed by atoms with Crippen molar-refractivity contribution >= 4 is 0 Å². The average molecular weight is 290 g/mol. The van der Waals surface area contributed by atoms with Crippen LogP contribution in [0.15, 0.2) is 0 Å². The second-order valence-electron chi connectivity index (χ2n) is 6.13. The lowest BCUT2D eigenvalue weighted by molar-refractivity contribution is 0.133. The molecule has 0 atom stereocenters.